The third-order valence-corrected chi connectivity index (χ3v) is 1.30. The molecule has 0 aromatic heterocycles. The Kier molecular flexibility index (Phi) is 8.44. The van der Waals surface area contributed by atoms with Gasteiger partial charge in [-0.1, -0.05) is 6.08 Å². The first-order chi connectivity index (χ1) is 5.85. The van der Waals surface area contributed by atoms with Gasteiger partial charge in [-0.15, -0.1) is 6.58 Å². The zero-order chi connectivity index (χ0) is 9.23. The van der Waals surface area contributed by atoms with Crippen molar-refractivity contribution in [2.75, 3.05) is 26.3 Å². The van der Waals surface area contributed by atoms with Gasteiger partial charge in [-0.3, -0.25) is 0 Å². The Hall–Kier alpha value is -0.380. The SMILES string of the molecule is C=CCNCC(OCC)OCC. The quantitative estimate of drug-likeness (QED) is 0.339. The van der Waals surface area contributed by atoms with Crippen molar-refractivity contribution in [1.82, 2.24) is 5.32 Å². The zero-order valence-corrected chi connectivity index (χ0v) is 8.01. The summed E-state index contributed by atoms with van der Waals surface area (Å²) in [5, 5.41) is 3.14. The van der Waals surface area contributed by atoms with E-state index in [0.29, 0.717) is 19.8 Å². The summed E-state index contributed by atoms with van der Waals surface area (Å²) in [6.45, 7) is 10.4. The number of nitrogens with one attached hydrogen (secondary N) is 1. The summed E-state index contributed by atoms with van der Waals surface area (Å²) in [7, 11) is 0. The van der Waals surface area contributed by atoms with E-state index in [-0.39, 0.29) is 6.29 Å². The molecule has 0 atom stereocenters. The van der Waals surface area contributed by atoms with Gasteiger partial charge in [0.15, 0.2) is 6.29 Å². The Balaban J connectivity index is 3.40. The van der Waals surface area contributed by atoms with E-state index in [1.165, 1.54) is 0 Å². The Bertz CT molecular complexity index is 101. The lowest BCUT2D eigenvalue weighted by Crippen LogP contribution is -2.31. The van der Waals surface area contributed by atoms with Crippen molar-refractivity contribution in [3.8, 4) is 0 Å². The van der Waals surface area contributed by atoms with Crippen molar-refractivity contribution in [2.45, 2.75) is 20.1 Å². The molecule has 72 valence electrons. The molecule has 3 nitrogen and oxygen atoms in total. The lowest BCUT2D eigenvalue weighted by Gasteiger charge is -2.16. The maximum atomic E-state index is 5.31. The number of hydrogen-bond acceptors (Lipinski definition) is 3. The van der Waals surface area contributed by atoms with Gasteiger partial charge in [0.05, 0.1) is 0 Å². The molecule has 0 bridgehead atoms. The summed E-state index contributed by atoms with van der Waals surface area (Å²) in [5.74, 6) is 0. The van der Waals surface area contributed by atoms with E-state index in [2.05, 4.69) is 11.9 Å². The summed E-state index contributed by atoms with van der Waals surface area (Å²) >= 11 is 0. The van der Waals surface area contributed by atoms with E-state index in [4.69, 9.17) is 9.47 Å². The van der Waals surface area contributed by atoms with Crippen molar-refractivity contribution in [2.24, 2.45) is 0 Å². The van der Waals surface area contributed by atoms with E-state index in [1.807, 2.05) is 19.9 Å². The molecule has 0 amide bonds. The molecule has 0 spiro atoms. The van der Waals surface area contributed by atoms with Crippen LogP contribution in [0.5, 0.6) is 0 Å². The van der Waals surface area contributed by atoms with Crippen LogP contribution < -0.4 is 5.32 Å². The number of ether oxygens (including phenoxy) is 2. The van der Waals surface area contributed by atoms with Crippen LogP contribution in [-0.2, 0) is 9.47 Å². The second-order valence-electron chi connectivity index (χ2n) is 2.29. The zero-order valence-electron chi connectivity index (χ0n) is 8.01. The minimum absolute atomic E-state index is 0.125. The van der Waals surface area contributed by atoms with Crippen molar-refractivity contribution >= 4 is 0 Å². The summed E-state index contributed by atoms with van der Waals surface area (Å²) < 4.78 is 10.6. The summed E-state index contributed by atoms with van der Waals surface area (Å²) in [5.41, 5.74) is 0. The lowest BCUT2D eigenvalue weighted by atomic mass is 10.5. The van der Waals surface area contributed by atoms with Crippen LogP contribution in [0.2, 0.25) is 0 Å². The highest BCUT2D eigenvalue weighted by atomic mass is 16.7. The van der Waals surface area contributed by atoms with Gasteiger partial charge < -0.3 is 14.8 Å². The fraction of sp³-hybridized carbons (Fsp3) is 0.778. The first-order valence-electron chi connectivity index (χ1n) is 4.39. The first kappa shape index (κ1) is 11.6. The van der Waals surface area contributed by atoms with Crippen LogP contribution in [0.4, 0.5) is 0 Å². The highest BCUT2D eigenvalue weighted by molar-refractivity contribution is 4.69. The molecule has 0 aromatic carbocycles. The predicted octanol–water partition coefficient (Wildman–Crippen LogP) is 1.16. The molecular weight excluding hydrogens is 154 g/mol. The highest BCUT2D eigenvalue weighted by Gasteiger charge is 2.05. The average molecular weight is 173 g/mol. The molecule has 0 radical (unpaired) electrons. The van der Waals surface area contributed by atoms with Gasteiger partial charge in [0, 0.05) is 26.3 Å². The predicted molar refractivity (Wildman–Crippen MR) is 50.1 cm³/mol. The number of hydrogen-bond donors (Lipinski definition) is 1. The summed E-state index contributed by atoms with van der Waals surface area (Å²) in [4.78, 5) is 0. The fourth-order valence-electron chi connectivity index (χ4n) is 0.841. The van der Waals surface area contributed by atoms with Crippen LogP contribution in [0.15, 0.2) is 12.7 Å². The summed E-state index contributed by atoms with van der Waals surface area (Å²) in [6, 6.07) is 0. The van der Waals surface area contributed by atoms with Gasteiger partial charge in [-0.2, -0.15) is 0 Å². The minimum Gasteiger partial charge on any atom is -0.352 e. The van der Waals surface area contributed by atoms with Crippen LogP contribution in [0.25, 0.3) is 0 Å². The van der Waals surface area contributed by atoms with E-state index < -0.39 is 0 Å². The first-order valence-corrected chi connectivity index (χ1v) is 4.39. The molecule has 3 heteroatoms. The Morgan fingerprint density at radius 3 is 2.33 bits per heavy atom. The molecule has 0 fully saturated rings. The van der Waals surface area contributed by atoms with Crippen LogP contribution in [0.1, 0.15) is 13.8 Å². The maximum Gasteiger partial charge on any atom is 0.169 e. The van der Waals surface area contributed by atoms with Crippen LogP contribution in [0, 0.1) is 0 Å². The highest BCUT2D eigenvalue weighted by Crippen LogP contribution is 1.92. The fourth-order valence-corrected chi connectivity index (χ4v) is 0.841. The largest absolute Gasteiger partial charge is 0.352 e. The third-order valence-electron chi connectivity index (χ3n) is 1.30. The average Bonchev–Trinajstić information content (AvgIpc) is 2.06. The molecule has 0 unspecified atom stereocenters. The van der Waals surface area contributed by atoms with Gasteiger partial charge in [0.25, 0.3) is 0 Å². The van der Waals surface area contributed by atoms with Crippen LogP contribution in [-0.4, -0.2) is 32.6 Å². The van der Waals surface area contributed by atoms with Gasteiger partial charge in [-0.05, 0) is 13.8 Å². The van der Waals surface area contributed by atoms with E-state index in [0.717, 1.165) is 6.54 Å². The molecule has 0 heterocycles. The summed E-state index contributed by atoms with van der Waals surface area (Å²) in [6.07, 6.45) is 1.69. The van der Waals surface area contributed by atoms with Gasteiger partial charge in [0.2, 0.25) is 0 Å². The third kappa shape index (κ3) is 6.34. The molecule has 12 heavy (non-hydrogen) atoms. The standard InChI is InChI=1S/C9H19NO2/c1-4-7-10-8-9(11-5-2)12-6-3/h4,9-10H,1,5-8H2,2-3H3. The minimum atomic E-state index is -0.125. The molecular formula is C9H19NO2. The van der Waals surface area contributed by atoms with E-state index in [9.17, 15) is 0 Å². The molecule has 0 rings (SSSR count). The Morgan fingerprint density at radius 1 is 1.33 bits per heavy atom. The van der Waals surface area contributed by atoms with Crippen molar-refractivity contribution in [1.29, 1.82) is 0 Å². The number of rotatable bonds is 8. The second-order valence-corrected chi connectivity index (χ2v) is 2.29. The Labute approximate surface area is 74.7 Å². The van der Waals surface area contributed by atoms with Crippen molar-refractivity contribution in [3.63, 3.8) is 0 Å². The smallest absolute Gasteiger partial charge is 0.169 e. The second kappa shape index (κ2) is 8.71. The molecule has 0 saturated carbocycles. The van der Waals surface area contributed by atoms with E-state index >= 15 is 0 Å². The normalized spacial score (nSPS) is 10.6. The van der Waals surface area contributed by atoms with Crippen LogP contribution >= 0.6 is 0 Å². The Morgan fingerprint density at radius 2 is 1.92 bits per heavy atom. The van der Waals surface area contributed by atoms with Gasteiger partial charge >= 0.3 is 0 Å². The molecule has 0 aliphatic rings. The monoisotopic (exact) mass is 173 g/mol. The molecule has 0 aliphatic carbocycles. The van der Waals surface area contributed by atoms with Crippen molar-refractivity contribution in [3.05, 3.63) is 12.7 Å². The van der Waals surface area contributed by atoms with Gasteiger partial charge in [0.1, 0.15) is 0 Å². The molecule has 0 aliphatic heterocycles. The van der Waals surface area contributed by atoms with Crippen LogP contribution in [0.3, 0.4) is 0 Å². The van der Waals surface area contributed by atoms with E-state index in [1.54, 1.807) is 0 Å². The lowest BCUT2D eigenvalue weighted by molar-refractivity contribution is -0.132. The van der Waals surface area contributed by atoms with Gasteiger partial charge in [-0.25, -0.2) is 0 Å². The molecule has 0 aromatic rings. The van der Waals surface area contributed by atoms with Crippen molar-refractivity contribution < 1.29 is 9.47 Å². The maximum absolute atomic E-state index is 5.31. The molecule has 0 saturated heterocycles. The molecule has 1 N–H and O–H groups in total. The topological polar surface area (TPSA) is 30.5 Å².